The van der Waals surface area contributed by atoms with Gasteiger partial charge in [0.05, 0.1) is 0 Å². The van der Waals surface area contributed by atoms with Crippen LogP contribution in [-0.4, -0.2) is 24.8 Å². The van der Waals surface area contributed by atoms with E-state index in [-0.39, 0.29) is 5.82 Å². The highest BCUT2D eigenvalue weighted by Gasteiger charge is 2.31. The number of rotatable bonds is 3. The fourth-order valence-corrected chi connectivity index (χ4v) is 2.15. The predicted octanol–water partition coefficient (Wildman–Crippen LogP) is 2.14. The SMILES string of the molecule is CCCC1=CC(N(C)C)=NC(N)(c2ccc(F)cc2)N1. The lowest BCUT2D eigenvalue weighted by Gasteiger charge is -2.34. The van der Waals surface area contributed by atoms with E-state index >= 15 is 0 Å². The van der Waals surface area contributed by atoms with Crippen molar-refractivity contribution >= 4 is 5.84 Å². The Bertz CT molecular complexity index is 533. The second-order valence-corrected chi connectivity index (χ2v) is 5.18. The van der Waals surface area contributed by atoms with Gasteiger partial charge in [0.25, 0.3) is 0 Å². The molecule has 20 heavy (non-hydrogen) atoms. The van der Waals surface area contributed by atoms with Gasteiger partial charge in [0.1, 0.15) is 11.7 Å². The first-order chi connectivity index (χ1) is 9.44. The van der Waals surface area contributed by atoms with Gasteiger partial charge in [0.15, 0.2) is 0 Å². The molecule has 3 N–H and O–H groups in total. The molecule has 0 fully saturated rings. The topological polar surface area (TPSA) is 53.6 Å². The zero-order chi connectivity index (χ0) is 14.8. The van der Waals surface area contributed by atoms with Crippen molar-refractivity contribution in [2.45, 2.75) is 25.6 Å². The quantitative estimate of drug-likeness (QED) is 0.889. The Kier molecular flexibility index (Phi) is 4.09. The Hall–Kier alpha value is -1.88. The van der Waals surface area contributed by atoms with Crippen LogP contribution in [0.1, 0.15) is 25.3 Å². The van der Waals surface area contributed by atoms with E-state index in [4.69, 9.17) is 5.73 Å². The van der Waals surface area contributed by atoms with E-state index in [1.54, 1.807) is 12.1 Å². The molecule has 1 aliphatic heterocycles. The van der Waals surface area contributed by atoms with Gasteiger partial charge in [-0.25, -0.2) is 9.38 Å². The van der Waals surface area contributed by atoms with Crippen molar-refractivity contribution in [3.8, 4) is 0 Å². The van der Waals surface area contributed by atoms with Crippen LogP contribution in [0, 0.1) is 5.82 Å². The maximum Gasteiger partial charge on any atom is 0.211 e. The average Bonchev–Trinajstić information content (AvgIpc) is 2.39. The Labute approximate surface area is 119 Å². The molecule has 0 bridgehead atoms. The summed E-state index contributed by atoms with van der Waals surface area (Å²) in [5.41, 5.74) is 8.17. The maximum atomic E-state index is 13.1. The number of benzene rings is 1. The van der Waals surface area contributed by atoms with E-state index in [2.05, 4.69) is 17.2 Å². The molecule has 0 saturated heterocycles. The molecule has 1 aromatic carbocycles. The van der Waals surface area contributed by atoms with Crippen molar-refractivity contribution < 1.29 is 4.39 Å². The first-order valence-electron chi connectivity index (χ1n) is 6.75. The number of hydrogen-bond acceptors (Lipinski definition) is 4. The summed E-state index contributed by atoms with van der Waals surface area (Å²) in [7, 11) is 3.85. The van der Waals surface area contributed by atoms with Gasteiger partial charge < -0.3 is 10.2 Å². The van der Waals surface area contributed by atoms with Gasteiger partial charge in [-0.1, -0.05) is 25.5 Å². The lowest BCUT2D eigenvalue weighted by molar-refractivity contribution is 0.377. The standard InChI is InChI=1S/C15H21FN4/c1-4-5-13-10-14(20(2)3)19-15(17,18-13)11-6-8-12(16)9-7-11/h6-10,18H,4-5,17H2,1-3H3. The van der Waals surface area contributed by atoms with Crippen molar-refractivity contribution in [1.82, 2.24) is 10.2 Å². The highest BCUT2D eigenvalue weighted by atomic mass is 19.1. The number of halogens is 1. The molecule has 1 unspecified atom stereocenters. The highest BCUT2D eigenvalue weighted by molar-refractivity contribution is 5.94. The molecule has 0 aliphatic carbocycles. The third kappa shape index (κ3) is 2.99. The third-order valence-electron chi connectivity index (χ3n) is 3.21. The van der Waals surface area contributed by atoms with Gasteiger partial charge in [0.2, 0.25) is 5.79 Å². The lowest BCUT2D eigenvalue weighted by Crippen LogP contribution is -2.52. The first kappa shape index (κ1) is 14.5. The number of amidine groups is 1. The fourth-order valence-electron chi connectivity index (χ4n) is 2.15. The maximum absolute atomic E-state index is 13.1. The van der Waals surface area contributed by atoms with Crippen LogP contribution >= 0.6 is 0 Å². The molecule has 0 radical (unpaired) electrons. The summed E-state index contributed by atoms with van der Waals surface area (Å²) in [6.45, 7) is 2.11. The molecule has 1 heterocycles. The molecule has 1 atom stereocenters. The normalized spacial score (nSPS) is 21.9. The van der Waals surface area contributed by atoms with Crippen molar-refractivity contribution in [2.24, 2.45) is 10.7 Å². The number of allylic oxidation sites excluding steroid dienone is 1. The zero-order valence-corrected chi connectivity index (χ0v) is 12.2. The fraction of sp³-hybridized carbons (Fsp3) is 0.400. The van der Waals surface area contributed by atoms with E-state index in [0.29, 0.717) is 0 Å². The summed E-state index contributed by atoms with van der Waals surface area (Å²) in [4.78, 5) is 6.47. The Morgan fingerprint density at radius 1 is 1.30 bits per heavy atom. The number of aliphatic imine (C=N–C) groups is 1. The van der Waals surface area contributed by atoms with Crippen molar-refractivity contribution in [3.05, 3.63) is 47.4 Å². The Balaban J connectivity index is 2.40. The Morgan fingerprint density at radius 2 is 1.95 bits per heavy atom. The summed E-state index contributed by atoms with van der Waals surface area (Å²) in [5, 5.41) is 3.25. The van der Waals surface area contributed by atoms with Crippen LogP contribution < -0.4 is 11.1 Å². The van der Waals surface area contributed by atoms with Crippen LogP contribution in [0.3, 0.4) is 0 Å². The molecule has 0 saturated carbocycles. The van der Waals surface area contributed by atoms with Crippen LogP contribution in [0.4, 0.5) is 4.39 Å². The monoisotopic (exact) mass is 276 g/mol. The molecule has 2 rings (SSSR count). The minimum Gasteiger partial charge on any atom is -0.363 e. The second-order valence-electron chi connectivity index (χ2n) is 5.18. The van der Waals surface area contributed by atoms with E-state index in [1.165, 1.54) is 12.1 Å². The van der Waals surface area contributed by atoms with Crippen molar-refractivity contribution in [1.29, 1.82) is 0 Å². The largest absolute Gasteiger partial charge is 0.363 e. The number of likely N-dealkylation sites (N-methyl/N-ethyl adjacent to an activating group) is 1. The minimum absolute atomic E-state index is 0.283. The smallest absolute Gasteiger partial charge is 0.211 e. The van der Waals surface area contributed by atoms with Crippen molar-refractivity contribution in [3.63, 3.8) is 0 Å². The Morgan fingerprint density at radius 3 is 2.50 bits per heavy atom. The summed E-state index contributed by atoms with van der Waals surface area (Å²) in [5.74, 6) is -0.527. The molecule has 0 spiro atoms. The molecule has 1 aliphatic rings. The number of nitrogens with one attached hydrogen (secondary N) is 1. The predicted molar refractivity (Wildman–Crippen MR) is 79.5 cm³/mol. The summed E-state index contributed by atoms with van der Waals surface area (Å²) in [6.07, 6.45) is 3.91. The number of nitrogens with two attached hydrogens (primary N) is 1. The van der Waals surface area contributed by atoms with E-state index in [1.807, 2.05) is 25.1 Å². The summed E-state index contributed by atoms with van der Waals surface area (Å²) < 4.78 is 13.1. The zero-order valence-electron chi connectivity index (χ0n) is 12.2. The van der Waals surface area contributed by atoms with Gasteiger partial charge in [-0.3, -0.25) is 5.73 Å². The molecule has 0 amide bonds. The van der Waals surface area contributed by atoms with E-state index in [9.17, 15) is 4.39 Å². The van der Waals surface area contributed by atoms with Gasteiger partial charge in [0, 0.05) is 25.4 Å². The van der Waals surface area contributed by atoms with Crippen LogP contribution in [0.2, 0.25) is 0 Å². The van der Waals surface area contributed by atoms with E-state index < -0.39 is 5.79 Å². The van der Waals surface area contributed by atoms with Crippen LogP contribution in [-0.2, 0) is 5.79 Å². The molecule has 0 aromatic heterocycles. The van der Waals surface area contributed by atoms with Crippen molar-refractivity contribution in [2.75, 3.05) is 14.1 Å². The average molecular weight is 276 g/mol. The lowest BCUT2D eigenvalue weighted by atomic mass is 10.1. The highest BCUT2D eigenvalue weighted by Crippen LogP contribution is 2.24. The van der Waals surface area contributed by atoms with Gasteiger partial charge in [-0.15, -0.1) is 0 Å². The molecule has 4 nitrogen and oxygen atoms in total. The first-order valence-corrected chi connectivity index (χ1v) is 6.75. The van der Waals surface area contributed by atoms with Crippen LogP contribution in [0.25, 0.3) is 0 Å². The third-order valence-corrected chi connectivity index (χ3v) is 3.21. The summed E-state index contributed by atoms with van der Waals surface area (Å²) >= 11 is 0. The van der Waals surface area contributed by atoms with Crippen LogP contribution in [0.5, 0.6) is 0 Å². The molecule has 1 aromatic rings. The van der Waals surface area contributed by atoms with Gasteiger partial charge in [-0.05, 0) is 24.6 Å². The number of hydrogen-bond donors (Lipinski definition) is 2. The summed E-state index contributed by atoms with van der Waals surface area (Å²) in [6, 6.07) is 6.12. The van der Waals surface area contributed by atoms with E-state index in [0.717, 1.165) is 29.9 Å². The van der Waals surface area contributed by atoms with Gasteiger partial charge in [-0.2, -0.15) is 0 Å². The van der Waals surface area contributed by atoms with Crippen LogP contribution in [0.15, 0.2) is 41.0 Å². The molecule has 108 valence electrons. The van der Waals surface area contributed by atoms with Gasteiger partial charge >= 0.3 is 0 Å². The molecule has 5 heteroatoms. The molecular formula is C15H21FN4. The minimum atomic E-state index is -1.05. The number of nitrogens with zero attached hydrogens (tertiary/aromatic N) is 2. The second kappa shape index (κ2) is 5.63. The molecular weight excluding hydrogens is 255 g/mol.